The van der Waals surface area contributed by atoms with Gasteiger partial charge in [-0.3, -0.25) is 11.3 Å². The minimum atomic E-state index is -0.391. The number of rotatable bonds is 6. The maximum Gasteiger partial charge on any atom is 0.142 e. The number of hydrogen-bond acceptors (Lipinski definition) is 3. The summed E-state index contributed by atoms with van der Waals surface area (Å²) in [4.78, 5) is 2.13. The lowest BCUT2D eigenvalue weighted by Gasteiger charge is -2.42. The Morgan fingerprint density at radius 2 is 2.11 bits per heavy atom. The van der Waals surface area contributed by atoms with Gasteiger partial charge in [-0.05, 0) is 45.5 Å². The van der Waals surface area contributed by atoms with E-state index in [0.717, 1.165) is 12.0 Å². The van der Waals surface area contributed by atoms with E-state index in [0.29, 0.717) is 6.42 Å². The van der Waals surface area contributed by atoms with Gasteiger partial charge >= 0.3 is 0 Å². The van der Waals surface area contributed by atoms with Crippen LogP contribution in [0.5, 0.6) is 0 Å². The first kappa shape index (κ1) is 16.4. The molecule has 3 nitrogen and oxygen atoms in total. The average molecular weight is 288 g/mol. The number of hydrogen-bond donors (Lipinski definition) is 2. The van der Waals surface area contributed by atoms with Gasteiger partial charge in [0.2, 0.25) is 0 Å². The summed E-state index contributed by atoms with van der Waals surface area (Å²) in [6.45, 7) is 4.24. The highest BCUT2D eigenvalue weighted by atomic mass is 35.5. The summed E-state index contributed by atoms with van der Waals surface area (Å²) in [5.74, 6) is 5.30. The highest BCUT2D eigenvalue weighted by molar-refractivity contribution is 6.31. The Morgan fingerprint density at radius 3 is 2.58 bits per heavy atom. The molecule has 108 valence electrons. The van der Waals surface area contributed by atoms with Crippen LogP contribution < -0.4 is 11.3 Å². The van der Waals surface area contributed by atoms with E-state index in [-0.39, 0.29) is 16.6 Å². The van der Waals surface area contributed by atoms with Gasteiger partial charge in [0.1, 0.15) is 5.82 Å². The van der Waals surface area contributed by atoms with Crippen LogP contribution in [0.1, 0.15) is 25.8 Å². The van der Waals surface area contributed by atoms with E-state index in [2.05, 4.69) is 24.2 Å². The number of halogens is 2. The van der Waals surface area contributed by atoms with Gasteiger partial charge in [-0.15, -0.1) is 0 Å². The van der Waals surface area contributed by atoms with Gasteiger partial charge in [-0.25, -0.2) is 4.39 Å². The third-order valence-corrected chi connectivity index (χ3v) is 4.57. The topological polar surface area (TPSA) is 41.3 Å². The summed E-state index contributed by atoms with van der Waals surface area (Å²) in [7, 11) is 4.03. The van der Waals surface area contributed by atoms with Crippen LogP contribution in [-0.4, -0.2) is 30.6 Å². The molecule has 0 saturated heterocycles. The van der Waals surface area contributed by atoms with Crippen molar-refractivity contribution < 1.29 is 4.39 Å². The first-order valence-corrected chi connectivity index (χ1v) is 6.81. The molecule has 0 bridgehead atoms. The summed E-state index contributed by atoms with van der Waals surface area (Å²) in [6.07, 6.45) is 1.50. The molecule has 19 heavy (non-hydrogen) atoms. The fourth-order valence-corrected chi connectivity index (χ4v) is 2.46. The molecule has 0 spiro atoms. The van der Waals surface area contributed by atoms with Crippen LogP contribution in [-0.2, 0) is 6.42 Å². The molecule has 1 rings (SSSR count). The largest absolute Gasteiger partial charge is 0.302 e. The highest BCUT2D eigenvalue weighted by Crippen LogP contribution is 2.27. The second-order valence-electron chi connectivity index (χ2n) is 5.24. The van der Waals surface area contributed by atoms with Crippen molar-refractivity contribution in [3.8, 4) is 0 Å². The standard InChI is InChI=1S/C14H23ClFN3/c1-5-14(2,19(3)4)12(18-17)9-10-7-6-8-11(16)13(10)15/h6-8,12,18H,5,9,17H2,1-4H3. The van der Waals surface area contributed by atoms with Gasteiger partial charge in [-0.2, -0.15) is 0 Å². The lowest BCUT2D eigenvalue weighted by atomic mass is 9.84. The summed E-state index contributed by atoms with van der Waals surface area (Å²) in [5, 5.41) is 0.181. The van der Waals surface area contributed by atoms with Crippen molar-refractivity contribution in [2.45, 2.75) is 38.3 Å². The Bertz CT molecular complexity index is 425. The Balaban J connectivity index is 3.02. The molecule has 0 saturated carbocycles. The predicted octanol–water partition coefficient (Wildman–Crippen LogP) is 2.58. The molecule has 1 aromatic rings. The lowest BCUT2D eigenvalue weighted by Crippen LogP contribution is -2.59. The molecule has 0 aromatic heterocycles. The van der Waals surface area contributed by atoms with E-state index in [1.807, 2.05) is 20.2 Å². The van der Waals surface area contributed by atoms with Crippen LogP contribution in [0, 0.1) is 5.82 Å². The highest BCUT2D eigenvalue weighted by Gasteiger charge is 2.34. The summed E-state index contributed by atoms with van der Waals surface area (Å²) < 4.78 is 13.5. The molecule has 5 heteroatoms. The number of nitrogens with two attached hydrogens (primary N) is 1. The van der Waals surface area contributed by atoms with Crippen LogP contribution >= 0.6 is 11.6 Å². The van der Waals surface area contributed by atoms with Crippen LogP contribution in [0.3, 0.4) is 0 Å². The quantitative estimate of drug-likeness (QED) is 0.624. The summed E-state index contributed by atoms with van der Waals surface area (Å²) >= 11 is 6.01. The SMILES string of the molecule is CCC(C)(C(Cc1cccc(F)c1Cl)NN)N(C)C. The average Bonchev–Trinajstić information content (AvgIpc) is 2.39. The van der Waals surface area contributed by atoms with Crippen LogP contribution in [0.15, 0.2) is 18.2 Å². The van der Waals surface area contributed by atoms with Gasteiger partial charge in [0, 0.05) is 11.6 Å². The molecular formula is C14H23ClFN3. The van der Waals surface area contributed by atoms with Gasteiger partial charge in [0.25, 0.3) is 0 Å². The zero-order valence-corrected chi connectivity index (χ0v) is 12.8. The zero-order chi connectivity index (χ0) is 14.6. The molecule has 0 heterocycles. The third kappa shape index (κ3) is 3.45. The Hall–Kier alpha value is -0.680. The lowest BCUT2D eigenvalue weighted by molar-refractivity contribution is 0.112. The van der Waals surface area contributed by atoms with Gasteiger partial charge in [0.05, 0.1) is 5.02 Å². The molecule has 0 amide bonds. The number of benzene rings is 1. The van der Waals surface area contributed by atoms with E-state index in [4.69, 9.17) is 17.4 Å². The molecule has 0 aliphatic heterocycles. The van der Waals surface area contributed by atoms with Gasteiger partial charge < -0.3 is 4.90 Å². The first-order chi connectivity index (χ1) is 8.86. The van der Waals surface area contributed by atoms with Crippen molar-refractivity contribution in [2.24, 2.45) is 5.84 Å². The number of likely N-dealkylation sites (N-methyl/N-ethyl adjacent to an activating group) is 1. The van der Waals surface area contributed by atoms with E-state index in [1.165, 1.54) is 6.07 Å². The minimum absolute atomic E-state index is 0.0215. The van der Waals surface area contributed by atoms with Crippen LogP contribution in [0.4, 0.5) is 4.39 Å². The minimum Gasteiger partial charge on any atom is -0.302 e. The normalized spacial score (nSPS) is 16.4. The smallest absolute Gasteiger partial charge is 0.142 e. The second kappa shape index (κ2) is 6.66. The number of nitrogens with zero attached hydrogens (tertiary/aromatic N) is 1. The summed E-state index contributed by atoms with van der Waals surface area (Å²) in [6, 6.07) is 4.85. The summed E-state index contributed by atoms with van der Waals surface area (Å²) in [5.41, 5.74) is 3.48. The van der Waals surface area contributed by atoms with Crippen molar-refractivity contribution in [1.29, 1.82) is 0 Å². The Morgan fingerprint density at radius 1 is 1.47 bits per heavy atom. The van der Waals surface area contributed by atoms with E-state index in [1.54, 1.807) is 6.07 Å². The van der Waals surface area contributed by atoms with E-state index < -0.39 is 5.82 Å². The van der Waals surface area contributed by atoms with Gasteiger partial charge in [-0.1, -0.05) is 30.7 Å². The van der Waals surface area contributed by atoms with Gasteiger partial charge in [0.15, 0.2) is 0 Å². The Labute approximate surface area is 119 Å². The fourth-order valence-electron chi connectivity index (χ4n) is 2.26. The third-order valence-electron chi connectivity index (χ3n) is 4.14. The molecule has 0 aliphatic rings. The molecule has 0 radical (unpaired) electrons. The predicted molar refractivity (Wildman–Crippen MR) is 78.6 cm³/mol. The van der Waals surface area contributed by atoms with Crippen molar-refractivity contribution in [1.82, 2.24) is 10.3 Å². The molecule has 1 aromatic carbocycles. The maximum atomic E-state index is 13.5. The molecule has 0 fully saturated rings. The first-order valence-electron chi connectivity index (χ1n) is 6.43. The molecule has 0 aliphatic carbocycles. The molecule has 2 atom stereocenters. The second-order valence-corrected chi connectivity index (χ2v) is 5.62. The van der Waals surface area contributed by atoms with E-state index >= 15 is 0 Å². The van der Waals surface area contributed by atoms with Crippen molar-refractivity contribution in [3.63, 3.8) is 0 Å². The Kier molecular flexibility index (Phi) is 5.74. The number of hydrazine groups is 1. The molecular weight excluding hydrogens is 265 g/mol. The maximum absolute atomic E-state index is 13.5. The van der Waals surface area contributed by atoms with Crippen LogP contribution in [0.2, 0.25) is 5.02 Å². The van der Waals surface area contributed by atoms with Crippen molar-refractivity contribution in [2.75, 3.05) is 14.1 Å². The van der Waals surface area contributed by atoms with E-state index in [9.17, 15) is 4.39 Å². The van der Waals surface area contributed by atoms with Crippen molar-refractivity contribution in [3.05, 3.63) is 34.6 Å². The van der Waals surface area contributed by atoms with Crippen LogP contribution in [0.25, 0.3) is 0 Å². The molecule has 3 N–H and O–H groups in total. The monoisotopic (exact) mass is 287 g/mol. The number of nitrogens with one attached hydrogen (secondary N) is 1. The fraction of sp³-hybridized carbons (Fsp3) is 0.571. The molecule has 2 unspecified atom stereocenters. The zero-order valence-electron chi connectivity index (χ0n) is 12.0. The van der Waals surface area contributed by atoms with Crippen molar-refractivity contribution >= 4 is 11.6 Å².